The summed E-state index contributed by atoms with van der Waals surface area (Å²) < 4.78 is 30.8. The maximum Gasteiger partial charge on any atom is 0.324 e. The lowest BCUT2D eigenvalue weighted by atomic mass is 10.3. The monoisotopic (exact) mass is 297 g/mol. The second-order valence-corrected chi connectivity index (χ2v) is 5.87. The Morgan fingerprint density at radius 2 is 2.35 bits per heavy atom. The second-order valence-electron chi connectivity index (χ2n) is 4.01. The van der Waals surface area contributed by atoms with E-state index in [0.717, 1.165) is 4.31 Å². The Morgan fingerprint density at radius 1 is 1.60 bits per heavy atom. The first kappa shape index (κ1) is 14.4. The van der Waals surface area contributed by atoms with Crippen molar-refractivity contribution in [3.05, 3.63) is 24.0 Å². The van der Waals surface area contributed by atoms with Gasteiger partial charge in [-0.25, -0.2) is 13.4 Å². The molecule has 0 aliphatic carbocycles. The predicted molar refractivity (Wildman–Crippen MR) is 65.1 cm³/mol. The minimum atomic E-state index is -4.11. The van der Waals surface area contributed by atoms with Crippen LogP contribution in [0.1, 0.15) is 5.69 Å². The Balaban J connectivity index is 2.48. The van der Waals surface area contributed by atoms with Crippen molar-refractivity contribution in [2.24, 2.45) is 0 Å². The summed E-state index contributed by atoms with van der Waals surface area (Å²) in [7, 11) is -4.11. The molecule has 0 bridgehead atoms. The molecule has 1 saturated heterocycles. The molecule has 1 unspecified atom stereocenters. The van der Waals surface area contributed by atoms with Crippen LogP contribution in [0.5, 0.6) is 0 Å². The van der Waals surface area contributed by atoms with Gasteiger partial charge in [0.2, 0.25) is 10.0 Å². The smallest absolute Gasteiger partial charge is 0.324 e. The van der Waals surface area contributed by atoms with Gasteiger partial charge in [0.1, 0.15) is 17.0 Å². The van der Waals surface area contributed by atoms with Crippen molar-refractivity contribution < 1.29 is 23.1 Å². The van der Waals surface area contributed by atoms with Gasteiger partial charge in [-0.05, 0) is 12.1 Å². The zero-order valence-corrected chi connectivity index (χ0v) is 11.1. The summed E-state index contributed by atoms with van der Waals surface area (Å²) in [5, 5.41) is 18.0. The van der Waals surface area contributed by atoms with Crippen LogP contribution in [0.25, 0.3) is 0 Å². The van der Waals surface area contributed by atoms with Gasteiger partial charge in [-0.1, -0.05) is 0 Å². The number of ether oxygens (including phenoxy) is 1. The van der Waals surface area contributed by atoms with E-state index in [1.54, 1.807) is 6.07 Å². The van der Waals surface area contributed by atoms with Crippen LogP contribution in [0.2, 0.25) is 0 Å². The molecule has 1 fully saturated rings. The highest BCUT2D eigenvalue weighted by atomic mass is 32.2. The van der Waals surface area contributed by atoms with E-state index in [-0.39, 0.29) is 30.3 Å². The number of carbonyl (C=O) groups is 1. The Kier molecular flexibility index (Phi) is 3.99. The quantitative estimate of drug-likeness (QED) is 0.792. The van der Waals surface area contributed by atoms with Gasteiger partial charge in [-0.2, -0.15) is 9.57 Å². The van der Waals surface area contributed by atoms with Gasteiger partial charge >= 0.3 is 5.97 Å². The first-order valence-corrected chi connectivity index (χ1v) is 7.10. The van der Waals surface area contributed by atoms with Crippen molar-refractivity contribution in [1.82, 2.24) is 9.29 Å². The van der Waals surface area contributed by atoms with Gasteiger partial charge in [-0.3, -0.25) is 4.79 Å². The van der Waals surface area contributed by atoms with Gasteiger partial charge in [0.05, 0.1) is 13.2 Å². The molecule has 0 radical (unpaired) electrons. The van der Waals surface area contributed by atoms with E-state index in [2.05, 4.69) is 4.98 Å². The van der Waals surface area contributed by atoms with E-state index in [1.807, 2.05) is 0 Å². The first-order valence-electron chi connectivity index (χ1n) is 5.66. The zero-order chi connectivity index (χ0) is 14.8. The van der Waals surface area contributed by atoms with Gasteiger partial charge in [0, 0.05) is 12.7 Å². The lowest BCUT2D eigenvalue weighted by Crippen LogP contribution is -2.52. The molecule has 0 amide bonds. The second kappa shape index (κ2) is 5.54. The van der Waals surface area contributed by atoms with Crippen LogP contribution in [-0.4, -0.2) is 54.6 Å². The van der Waals surface area contributed by atoms with E-state index in [9.17, 15) is 13.2 Å². The molecule has 0 spiro atoms. The molecule has 9 heteroatoms. The molecule has 1 aromatic rings. The summed E-state index contributed by atoms with van der Waals surface area (Å²) in [6.07, 6.45) is 1.30. The number of morpholine rings is 1. The highest BCUT2D eigenvalue weighted by molar-refractivity contribution is 7.89. The largest absolute Gasteiger partial charge is 0.480 e. The highest BCUT2D eigenvalue weighted by Crippen LogP contribution is 2.22. The predicted octanol–water partition coefficient (Wildman–Crippen LogP) is -0.573. The van der Waals surface area contributed by atoms with Gasteiger partial charge in [0.25, 0.3) is 0 Å². The number of nitriles is 1. The van der Waals surface area contributed by atoms with Crippen molar-refractivity contribution in [2.75, 3.05) is 19.8 Å². The van der Waals surface area contributed by atoms with Gasteiger partial charge < -0.3 is 9.84 Å². The maximum absolute atomic E-state index is 12.5. The van der Waals surface area contributed by atoms with Crippen LogP contribution >= 0.6 is 0 Å². The Morgan fingerprint density at radius 3 is 3.00 bits per heavy atom. The number of rotatable bonds is 3. The average Bonchev–Trinajstić information content (AvgIpc) is 2.47. The fourth-order valence-corrected chi connectivity index (χ4v) is 3.53. The van der Waals surface area contributed by atoms with E-state index >= 15 is 0 Å². The third kappa shape index (κ3) is 2.49. The molecule has 0 aromatic carbocycles. The van der Waals surface area contributed by atoms with E-state index in [0.29, 0.717) is 0 Å². The highest BCUT2D eigenvalue weighted by Gasteiger charge is 2.39. The third-order valence-corrected chi connectivity index (χ3v) is 4.77. The molecule has 1 aliphatic heterocycles. The summed E-state index contributed by atoms with van der Waals surface area (Å²) in [5.74, 6) is -1.30. The molecule has 20 heavy (non-hydrogen) atoms. The number of nitrogens with zero attached hydrogens (tertiary/aromatic N) is 3. The molecule has 0 saturated carbocycles. The van der Waals surface area contributed by atoms with Crippen molar-refractivity contribution in [1.29, 1.82) is 5.26 Å². The average molecular weight is 297 g/mol. The van der Waals surface area contributed by atoms with Crippen LogP contribution in [0, 0.1) is 11.3 Å². The van der Waals surface area contributed by atoms with Crippen LogP contribution in [0.3, 0.4) is 0 Å². The lowest BCUT2D eigenvalue weighted by Gasteiger charge is -2.31. The standard InChI is InChI=1S/C11H11N3O5S/c12-6-8-10(2-1-3-13-8)20(17,18)14-4-5-19-7-9(14)11(15)16/h1-3,9H,4-5,7H2,(H,15,16). The van der Waals surface area contributed by atoms with E-state index < -0.39 is 22.0 Å². The molecule has 1 N–H and O–H groups in total. The normalized spacial score (nSPS) is 20.2. The maximum atomic E-state index is 12.5. The van der Waals surface area contributed by atoms with Crippen molar-refractivity contribution in [3.63, 3.8) is 0 Å². The molecule has 1 aliphatic rings. The van der Waals surface area contributed by atoms with Crippen LogP contribution in [0.4, 0.5) is 0 Å². The van der Waals surface area contributed by atoms with Crippen molar-refractivity contribution in [3.8, 4) is 6.07 Å². The molecule has 1 atom stereocenters. The number of hydrogen-bond acceptors (Lipinski definition) is 6. The van der Waals surface area contributed by atoms with Crippen molar-refractivity contribution >= 4 is 16.0 Å². The van der Waals surface area contributed by atoms with Crippen molar-refractivity contribution in [2.45, 2.75) is 10.9 Å². The fourth-order valence-electron chi connectivity index (χ4n) is 1.88. The summed E-state index contributed by atoms with van der Waals surface area (Å²) in [4.78, 5) is 14.5. The number of sulfonamides is 1. The number of hydrogen-bond donors (Lipinski definition) is 1. The molecule has 106 valence electrons. The Labute approximate surface area is 115 Å². The Bertz CT molecular complexity index is 667. The topological polar surface area (TPSA) is 121 Å². The number of aromatic nitrogens is 1. The fraction of sp³-hybridized carbons (Fsp3) is 0.364. The van der Waals surface area contributed by atoms with Crippen LogP contribution < -0.4 is 0 Å². The van der Waals surface area contributed by atoms with E-state index in [4.69, 9.17) is 15.1 Å². The summed E-state index contributed by atoms with van der Waals surface area (Å²) >= 11 is 0. The number of carboxylic acid groups (broad SMARTS) is 1. The zero-order valence-electron chi connectivity index (χ0n) is 10.3. The number of pyridine rings is 1. The van der Waals surface area contributed by atoms with Crippen LogP contribution in [-0.2, 0) is 19.6 Å². The van der Waals surface area contributed by atoms with Gasteiger partial charge in [0.15, 0.2) is 5.69 Å². The van der Waals surface area contributed by atoms with Crippen LogP contribution in [0.15, 0.2) is 23.2 Å². The molecule has 2 rings (SSSR count). The first-order chi connectivity index (χ1) is 9.48. The Hall–Kier alpha value is -2.02. The van der Waals surface area contributed by atoms with Gasteiger partial charge in [-0.15, -0.1) is 0 Å². The summed E-state index contributed by atoms with van der Waals surface area (Å²) in [6.45, 7) is -0.207. The minimum absolute atomic E-state index is 0.0843. The number of aliphatic carboxylic acids is 1. The minimum Gasteiger partial charge on any atom is -0.480 e. The molecular formula is C11H11N3O5S. The van der Waals surface area contributed by atoms with E-state index in [1.165, 1.54) is 18.3 Å². The SMILES string of the molecule is N#Cc1ncccc1S(=O)(=O)N1CCOCC1C(=O)O. The molecule has 2 heterocycles. The summed E-state index contributed by atoms with van der Waals surface area (Å²) in [6, 6.07) is 2.99. The third-order valence-electron chi connectivity index (χ3n) is 2.83. The number of carboxylic acids is 1. The molecule has 1 aromatic heterocycles. The summed E-state index contributed by atoms with van der Waals surface area (Å²) in [5.41, 5.74) is -0.261. The lowest BCUT2D eigenvalue weighted by molar-refractivity contribution is -0.146. The molecule has 8 nitrogen and oxygen atoms in total. The molecular weight excluding hydrogens is 286 g/mol.